The zero-order valence-electron chi connectivity index (χ0n) is 9.93. The summed E-state index contributed by atoms with van der Waals surface area (Å²) in [5.41, 5.74) is 6.12. The van der Waals surface area contributed by atoms with Crippen LogP contribution in [-0.2, 0) is 0 Å². The van der Waals surface area contributed by atoms with Gasteiger partial charge in [0, 0.05) is 13.1 Å². The fourth-order valence-corrected chi connectivity index (χ4v) is 1.93. The number of halogens is 2. The van der Waals surface area contributed by atoms with Crippen molar-refractivity contribution in [1.82, 2.24) is 0 Å². The van der Waals surface area contributed by atoms with Crippen LogP contribution in [0, 0.1) is 11.6 Å². The molecular formula is C12H18F2N2. The van der Waals surface area contributed by atoms with Crippen molar-refractivity contribution in [2.75, 3.05) is 17.7 Å². The first kappa shape index (κ1) is 12.7. The molecule has 1 rings (SSSR count). The smallest absolute Gasteiger partial charge is 0.184 e. The normalized spacial score (nSPS) is 10.9. The summed E-state index contributed by atoms with van der Waals surface area (Å²) < 4.78 is 26.8. The van der Waals surface area contributed by atoms with E-state index in [1.54, 1.807) is 11.9 Å². The molecule has 0 aliphatic carbocycles. The van der Waals surface area contributed by atoms with E-state index < -0.39 is 11.6 Å². The van der Waals surface area contributed by atoms with Gasteiger partial charge < -0.3 is 10.6 Å². The molecule has 0 aliphatic heterocycles. The molecule has 2 N–H and O–H groups in total. The molecule has 0 aromatic heterocycles. The molecule has 0 atom stereocenters. The van der Waals surface area contributed by atoms with Crippen LogP contribution in [-0.4, -0.2) is 13.1 Å². The van der Waals surface area contributed by atoms with Gasteiger partial charge in [-0.15, -0.1) is 0 Å². The van der Waals surface area contributed by atoms with Gasteiger partial charge in [0.1, 0.15) is 0 Å². The summed E-state index contributed by atoms with van der Waals surface area (Å²) in [6.45, 7) is 4.02. The van der Waals surface area contributed by atoms with Crippen LogP contribution in [0.15, 0.2) is 12.1 Å². The fourth-order valence-electron chi connectivity index (χ4n) is 1.93. The Labute approximate surface area is 95.1 Å². The van der Waals surface area contributed by atoms with Crippen LogP contribution in [0.2, 0.25) is 0 Å². The summed E-state index contributed by atoms with van der Waals surface area (Å²) in [6.07, 6.45) is 1.73. The minimum Gasteiger partial charge on any atom is -0.397 e. The lowest BCUT2D eigenvalue weighted by Crippen LogP contribution is -2.32. The molecule has 0 saturated carbocycles. The Bertz CT molecular complexity index is 362. The fraction of sp³-hybridized carbons (Fsp3) is 0.500. The van der Waals surface area contributed by atoms with Crippen molar-refractivity contribution in [3.63, 3.8) is 0 Å². The van der Waals surface area contributed by atoms with Crippen LogP contribution in [0.5, 0.6) is 0 Å². The standard InChI is InChI=1S/C12H18F2N2/c1-4-8(5-2)16(3)12-10(15)7-6-9(13)11(12)14/h6-8H,4-5,15H2,1-3H3. The molecule has 1 aromatic rings. The lowest BCUT2D eigenvalue weighted by molar-refractivity contribution is 0.499. The minimum absolute atomic E-state index is 0.161. The third kappa shape index (κ3) is 2.26. The van der Waals surface area contributed by atoms with E-state index in [1.165, 1.54) is 6.07 Å². The second kappa shape index (κ2) is 5.14. The van der Waals surface area contributed by atoms with Crippen LogP contribution in [0.4, 0.5) is 20.2 Å². The Balaban J connectivity index is 3.16. The van der Waals surface area contributed by atoms with Crippen LogP contribution in [0.25, 0.3) is 0 Å². The molecular weight excluding hydrogens is 210 g/mol. The first-order valence-corrected chi connectivity index (χ1v) is 5.49. The van der Waals surface area contributed by atoms with E-state index >= 15 is 0 Å². The van der Waals surface area contributed by atoms with Gasteiger partial charge in [-0.3, -0.25) is 0 Å². The zero-order chi connectivity index (χ0) is 12.3. The Morgan fingerprint density at radius 2 is 1.81 bits per heavy atom. The number of anilines is 2. The van der Waals surface area contributed by atoms with Crippen LogP contribution < -0.4 is 10.6 Å². The van der Waals surface area contributed by atoms with E-state index in [0.717, 1.165) is 18.9 Å². The molecule has 16 heavy (non-hydrogen) atoms. The molecule has 0 spiro atoms. The van der Waals surface area contributed by atoms with Gasteiger partial charge in [0.25, 0.3) is 0 Å². The average molecular weight is 228 g/mol. The van der Waals surface area contributed by atoms with Crippen molar-refractivity contribution in [1.29, 1.82) is 0 Å². The number of nitrogen functional groups attached to an aromatic ring is 1. The molecule has 2 nitrogen and oxygen atoms in total. The highest BCUT2D eigenvalue weighted by Crippen LogP contribution is 2.30. The number of benzene rings is 1. The van der Waals surface area contributed by atoms with Gasteiger partial charge in [-0.25, -0.2) is 8.78 Å². The molecule has 0 fully saturated rings. The van der Waals surface area contributed by atoms with Crippen molar-refractivity contribution >= 4 is 11.4 Å². The predicted octanol–water partition coefficient (Wildman–Crippen LogP) is 3.17. The van der Waals surface area contributed by atoms with Crippen molar-refractivity contribution in [3.05, 3.63) is 23.8 Å². The van der Waals surface area contributed by atoms with Crippen LogP contribution in [0.3, 0.4) is 0 Å². The SMILES string of the molecule is CCC(CC)N(C)c1c(N)ccc(F)c1F. The molecule has 0 heterocycles. The highest BCUT2D eigenvalue weighted by molar-refractivity contribution is 5.68. The van der Waals surface area contributed by atoms with Gasteiger partial charge in [-0.2, -0.15) is 0 Å². The molecule has 0 saturated heterocycles. The van der Waals surface area contributed by atoms with Crippen molar-refractivity contribution in [2.45, 2.75) is 32.7 Å². The quantitative estimate of drug-likeness (QED) is 0.802. The number of nitrogens with two attached hydrogens (primary N) is 1. The topological polar surface area (TPSA) is 29.3 Å². The van der Waals surface area contributed by atoms with Gasteiger partial charge in [0.15, 0.2) is 11.6 Å². The summed E-state index contributed by atoms with van der Waals surface area (Å²) >= 11 is 0. The van der Waals surface area contributed by atoms with E-state index in [4.69, 9.17) is 5.73 Å². The van der Waals surface area contributed by atoms with Gasteiger partial charge in [0.05, 0.1) is 11.4 Å². The van der Waals surface area contributed by atoms with Crippen LogP contribution in [0.1, 0.15) is 26.7 Å². The summed E-state index contributed by atoms with van der Waals surface area (Å²) in [5.74, 6) is -1.73. The summed E-state index contributed by atoms with van der Waals surface area (Å²) in [5, 5.41) is 0. The largest absolute Gasteiger partial charge is 0.397 e. The first-order valence-electron chi connectivity index (χ1n) is 5.49. The number of nitrogens with zero attached hydrogens (tertiary/aromatic N) is 1. The lowest BCUT2D eigenvalue weighted by atomic mass is 10.1. The van der Waals surface area contributed by atoms with E-state index in [9.17, 15) is 8.78 Å². The van der Waals surface area contributed by atoms with E-state index in [1.807, 2.05) is 13.8 Å². The predicted molar refractivity (Wildman–Crippen MR) is 63.5 cm³/mol. The van der Waals surface area contributed by atoms with E-state index in [-0.39, 0.29) is 17.4 Å². The second-order valence-electron chi connectivity index (χ2n) is 3.88. The van der Waals surface area contributed by atoms with Crippen molar-refractivity contribution < 1.29 is 8.78 Å². The maximum Gasteiger partial charge on any atom is 0.184 e. The highest BCUT2D eigenvalue weighted by Gasteiger charge is 2.20. The van der Waals surface area contributed by atoms with Crippen LogP contribution >= 0.6 is 0 Å². The number of hydrogen-bond acceptors (Lipinski definition) is 2. The molecule has 0 amide bonds. The average Bonchev–Trinajstić information content (AvgIpc) is 2.26. The number of rotatable bonds is 4. The van der Waals surface area contributed by atoms with Gasteiger partial charge in [-0.1, -0.05) is 13.8 Å². The highest BCUT2D eigenvalue weighted by atomic mass is 19.2. The summed E-state index contributed by atoms with van der Waals surface area (Å²) in [6, 6.07) is 2.61. The molecule has 0 aliphatic rings. The molecule has 90 valence electrons. The summed E-state index contributed by atoms with van der Waals surface area (Å²) in [7, 11) is 1.74. The van der Waals surface area contributed by atoms with Crippen molar-refractivity contribution in [2.24, 2.45) is 0 Å². The Hall–Kier alpha value is -1.32. The van der Waals surface area contributed by atoms with Gasteiger partial charge in [0.2, 0.25) is 0 Å². The summed E-state index contributed by atoms with van der Waals surface area (Å²) in [4.78, 5) is 1.72. The third-order valence-corrected chi connectivity index (χ3v) is 2.94. The third-order valence-electron chi connectivity index (χ3n) is 2.94. The number of hydrogen-bond donors (Lipinski definition) is 1. The maximum atomic E-state index is 13.6. The minimum atomic E-state index is -0.866. The lowest BCUT2D eigenvalue weighted by Gasteiger charge is -2.29. The maximum absolute atomic E-state index is 13.6. The molecule has 0 unspecified atom stereocenters. The molecule has 4 heteroatoms. The van der Waals surface area contributed by atoms with Gasteiger partial charge in [-0.05, 0) is 25.0 Å². The van der Waals surface area contributed by atoms with E-state index in [2.05, 4.69) is 0 Å². The Kier molecular flexibility index (Phi) is 4.10. The van der Waals surface area contributed by atoms with Gasteiger partial charge >= 0.3 is 0 Å². The van der Waals surface area contributed by atoms with Crippen molar-refractivity contribution in [3.8, 4) is 0 Å². The van der Waals surface area contributed by atoms with E-state index in [0.29, 0.717) is 0 Å². The molecule has 0 radical (unpaired) electrons. The Morgan fingerprint density at radius 3 is 2.31 bits per heavy atom. The first-order chi connectivity index (χ1) is 7.52. The monoisotopic (exact) mass is 228 g/mol. The molecule has 0 bridgehead atoms. The zero-order valence-corrected chi connectivity index (χ0v) is 9.93. The second-order valence-corrected chi connectivity index (χ2v) is 3.88. The Morgan fingerprint density at radius 1 is 1.25 bits per heavy atom. The molecule has 1 aromatic carbocycles.